The molecule has 2 rings (SSSR count). The van der Waals surface area contributed by atoms with E-state index in [1.807, 2.05) is 30.3 Å². The fraction of sp³-hybridized carbons (Fsp3) is 0. The van der Waals surface area contributed by atoms with Crippen molar-refractivity contribution >= 4 is 11.1 Å². The maximum atomic E-state index is 10.6. The van der Waals surface area contributed by atoms with E-state index in [4.69, 9.17) is 4.55 Å². The molecule has 1 heterocycles. The van der Waals surface area contributed by atoms with Crippen molar-refractivity contribution in [1.29, 1.82) is 0 Å². The Hall–Kier alpha value is -1.46. The molecule has 1 atom stereocenters. The SMILES string of the molecule is O=S(O)c1cc(-c2ccccc2)no1. The normalized spacial score (nSPS) is 12.6. The molecule has 0 radical (unpaired) electrons. The molecule has 0 aliphatic carbocycles. The van der Waals surface area contributed by atoms with Crippen LogP contribution in [-0.4, -0.2) is 13.9 Å². The van der Waals surface area contributed by atoms with Crippen LogP contribution in [0.5, 0.6) is 0 Å². The Morgan fingerprint density at radius 1 is 1.29 bits per heavy atom. The van der Waals surface area contributed by atoms with Crippen LogP contribution in [-0.2, 0) is 11.1 Å². The molecule has 0 aliphatic rings. The molecule has 1 aromatic heterocycles. The lowest BCUT2D eigenvalue weighted by molar-refractivity contribution is 0.338. The van der Waals surface area contributed by atoms with E-state index in [-0.39, 0.29) is 5.09 Å². The molecule has 0 saturated heterocycles. The van der Waals surface area contributed by atoms with Crippen LogP contribution in [0.4, 0.5) is 0 Å². The first-order valence-corrected chi connectivity index (χ1v) is 5.01. The summed E-state index contributed by atoms with van der Waals surface area (Å²) in [5, 5.41) is 3.64. The molecule has 0 aliphatic heterocycles. The number of hydrogen-bond donors (Lipinski definition) is 1. The molecule has 2 aromatic rings. The zero-order valence-corrected chi connectivity index (χ0v) is 7.90. The molecule has 1 unspecified atom stereocenters. The van der Waals surface area contributed by atoms with Gasteiger partial charge < -0.3 is 4.52 Å². The predicted molar refractivity (Wildman–Crippen MR) is 51.0 cm³/mol. The number of nitrogens with zero attached hydrogens (tertiary/aromatic N) is 1. The largest absolute Gasteiger partial charge is 0.344 e. The molecule has 0 amide bonds. The predicted octanol–water partition coefficient (Wildman–Crippen LogP) is 1.92. The van der Waals surface area contributed by atoms with Gasteiger partial charge in [-0.25, -0.2) is 4.21 Å². The van der Waals surface area contributed by atoms with Gasteiger partial charge in [0, 0.05) is 11.6 Å². The fourth-order valence-corrected chi connectivity index (χ4v) is 1.40. The third-order valence-corrected chi connectivity index (χ3v) is 2.27. The van der Waals surface area contributed by atoms with E-state index in [2.05, 4.69) is 9.68 Å². The highest BCUT2D eigenvalue weighted by Gasteiger charge is 2.09. The second kappa shape index (κ2) is 3.73. The van der Waals surface area contributed by atoms with Gasteiger partial charge in [0.2, 0.25) is 11.1 Å². The summed E-state index contributed by atoms with van der Waals surface area (Å²) in [7, 11) is 0. The van der Waals surface area contributed by atoms with Crippen molar-refractivity contribution in [2.45, 2.75) is 5.09 Å². The smallest absolute Gasteiger partial charge is 0.250 e. The van der Waals surface area contributed by atoms with Gasteiger partial charge in [-0.05, 0) is 0 Å². The molecule has 72 valence electrons. The van der Waals surface area contributed by atoms with Gasteiger partial charge in [0.05, 0.1) is 0 Å². The Balaban J connectivity index is 2.39. The molecule has 4 nitrogen and oxygen atoms in total. The molecule has 0 bridgehead atoms. The summed E-state index contributed by atoms with van der Waals surface area (Å²) in [6, 6.07) is 10.8. The number of benzene rings is 1. The second-order valence-electron chi connectivity index (χ2n) is 2.65. The summed E-state index contributed by atoms with van der Waals surface area (Å²) in [4.78, 5) is 0. The summed E-state index contributed by atoms with van der Waals surface area (Å²) in [6.45, 7) is 0. The Labute approximate surface area is 82.8 Å². The number of rotatable bonds is 2. The minimum atomic E-state index is -2.11. The zero-order chi connectivity index (χ0) is 9.97. The van der Waals surface area contributed by atoms with Gasteiger partial charge in [0.15, 0.2) is 0 Å². The van der Waals surface area contributed by atoms with Crippen LogP contribution in [0.3, 0.4) is 0 Å². The molecule has 0 fully saturated rings. The third-order valence-electron chi connectivity index (χ3n) is 1.73. The Bertz CT molecular complexity index is 452. The molecule has 14 heavy (non-hydrogen) atoms. The van der Waals surface area contributed by atoms with Crippen molar-refractivity contribution in [3.05, 3.63) is 36.4 Å². The summed E-state index contributed by atoms with van der Waals surface area (Å²) >= 11 is -2.11. The first kappa shape index (κ1) is 9.11. The second-order valence-corrected chi connectivity index (χ2v) is 3.55. The topological polar surface area (TPSA) is 63.3 Å². The molecule has 5 heteroatoms. The molecule has 1 N–H and O–H groups in total. The van der Waals surface area contributed by atoms with Crippen LogP contribution in [0.15, 0.2) is 46.0 Å². The Kier molecular flexibility index (Phi) is 2.43. The number of aromatic nitrogens is 1. The minimum absolute atomic E-state index is 0.0381. The molecular formula is C9H7NO3S. The molecular weight excluding hydrogens is 202 g/mol. The minimum Gasteiger partial charge on any atom is -0.344 e. The average Bonchev–Trinajstić information content (AvgIpc) is 2.68. The molecule has 0 spiro atoms. The van der Waals surface area contributed by atoms with Crippen LogP contribution in [0.25, 0.3) is 11.3 Å². The lowest BCUT2D eigenvalue weighted by Gasteiger charge is -1.90. The highest BCUT2D eigenvalue weighted by Crippen LogP contribution is 2.19. The van der Waals surface area contributed by atoms with E-state index in [0.717, 1.165) is 5.56 Å². The standard InChI is InChI=1S/C9H7NO3S/c11-14(12)9-6-8(10-13-9)7-4-2-1-3-5-7/h1-6H,(H,11,12). The third kappa shape index (κ3) is 1.73. The van der Waals surface area contributed by atoms with Crippen LogP contribution in [0, 0.1) is 0 Å². The van der Waals surface area contributed by atoms with E-state index in [0.29, 0.717) is 5.69 Å². The highest BCUT2D eigenvalue weighted by molar-refractivity contribution is 7.79. The summed E-state index contributed by atoms with van der Waals surface area (Å²) in [5.74, 6) is 0. The highest BCUT2D eigenvalue weighted by atomic mass is 32.2. The van der Waals surface area contributed by atoms with Gasteiger partial charge in [0.25, 0.3) is 5.09 Å². The maximum Gasteiger partial charge on any atom is 0.250 e. The first-order chi connectivity index (χ1) is 6.77. The van der Waals surface area contributed by atoms with Gasteiger partial charge in [-0.2, -0.15) is 0 Å². The van der Waals surface area contributed by atoms with Crippen molar-refractivity contribution in [3.63, 3.8) is 0 Å². The van der Waals surface area contributed by atoms with Crippen LogP contribution < -0.4 is 0 Å². The summed E-state index contributed by atoms with van der Waals surface area (Å²) in [6.07, 6.45) is 0. The van der Waals surface area contributed by atoms with E-state index in [1.165, 1.54) is 6.07 Å². The average molecular weight is 209 g/mol. The van der Waals surface area contributed by atoms with Gasteiger partial charge in [-0.1, -0.05) is 35.5 Å². The first-order valence-electron chi connectivity index (χ1n) is 3.90. The fourth-order valence-electron chi connectivity index (χ4n) is 1.09. The van der Waals surface area contributed by atoms with Crippen molar-refractivity contribution in [2.75, 3.05) is 0 Å². The van der Waals surface area contributed by atoms with Gasteiger partial charge in [-0.15, -0.1) is 0 Å². The number of hydrogen-bond acceptors (Lipinski definition) is 3. The van der Waals surface area contributed by atoms with E-state index in [9.17, 15) is 4.21 Å². The van der Waals surface area contributed by atoms with Crippen molar-refractivity contribution in [2.24, 2.45) is 0 Å². The summed E-state index contributed by atoms with van der Waals surface area (Å²) < 4.78 is 24.0. The summed E-state index contributed by atoms with van der Waals surface area (Å²) in [5.41, 5.74) is 1.41. The zero-order valence-electron chi connectivity index (χ0n) is 7.08. The van der Waals surface area contributed by atoms with E-state index in [1.54, 1.807) is 0 Å². The molecule has 1 aromatic carbocycles. The van der Waals surface area contributed by atoms with Crippen LogP contribution in [0.1, 0.15) is 0 Å². The monoisotopic (exact) mass is 209 g/mol. The Morgan fingerprint density at radius 3 is 2.57 bits per heavy atom. The van der Waals surface area contributed by atoms with Crippen molar-refractivity contribution in [3.8, 4) is 11.3 Å². The Morgan fingerprint density at radius 2 is 2.00 bits per heavy atom. The van der Waals surface area contributed by atoms with Crippen LogP contribution in [0.2, 0.25) is 0 Å². The van der Waals surface area contributed by atoms with Crippen molar-refractivity contribution < 1.29 is 13.3 Å². The van der Waals surface area contributed by atoms with Gasteiger partial charge >= 0.3 is 0 Å². The van der Waals surface area contributed by atoms with Crippen molar-refractivity contribution in [1.82, 2.24) is 5.16 Å². The van der Waals surface area contributed by atoms with Gasteiger partial charge in [0.1, 0.15) is 5.69 Å². The maximum absolute atomic E-state index is 10.6. The van der Waals surface area contributed by atoms with E-state index >= 15 is 0 Å². The van der Waals surface area contributed by atoms with Crippen LogP contribution >= 0.6 is 0 Å². The van der Waals surface area contributed by atoms with Gasteiger partial charge in [-0.3, -0.25) is 4.55 Å². The molecule has 0 saturated carbocycles. The quantitative estimate of drug-likeness (QED) is 0.767. The lowest BCUT2D eigenvalue weighted by atomic mass is 10.2. The lowest BCUT2D eigenvalue weighted by Crippen LogP contribution is -1.82. The van der Waals surface area contributed by atoms with E-state index < -0.39 is 11.1 Å².